The molecule has 0 bridgehead atoms. The Morgan fingerprint density at radius 3 is 3.33 bits per heavy atom. The minimum Gasteiger partial charge on any atom is -0.311 e. The molecule has 0 atom stereocenters. The Kier molecular flexibility index (Phi) is 0.935. The third-order valence-electron chi connectivity index (χ3n) is 2.00. The first-order chi connectivity index (χ1) is 5.95. The molecule has 3 aliphatic heterocycles. The highest BCUT2D eigenvalue weighted by Gasteiger charge is 2.15. The van der Waals surface area contributed by atoms with Crippen LogP contribution >= 0.6 is 0 Å². The van der Waals surface area contributed by atoms with Crippen LogP contribution in [0.3, 0.4) is 0 Å². The molecule has 58 valence electrons. The average molecular weight is 158 g/mol. The van der Waals surface area contributed by atoms with Gasteiger partial charge in [0.1, 0.15) is 5.82 Å². The summed E-state index contributed by atoms with van der Waals surface area (Å²) in [6.45, 7) is 0.823. The number of nitrogens with zero attached hydrogens (tertiary/aromatic N) is 4. The Morgan fingerprint density at radius 2 is 2.33 bits per heavy atom. The SMILES string of the molecule is C1=Nc2c3ccnc-3ncn2C1. The second kappa shape index (κ2) is 1.91. The summed E-state index contributed by atoms with van der Waals surface area (Å²) >= 11 is 0. The summed E-state index contributed by atoms with van der Waals surface area (Å²) in [6.07, 6.45) is 5.41. The predicted molar refractivity (Wildman–Crippen MR) is 44.8 cm³/mol. The second-order valence-corrected chi connectivity index (χ2v) is 2.71. The molecule has 0 saturated carbocycles. The standard InChI is InChI=1S/C8H6N4/c1-2-9-7-6(1)8-10-3-4-12(8)5-11-7/h1-3,5H,4H2. The highest BCUT2D eigenvalue weighted by atomic mass is 15.2. The third-order valence-corrected chi connectivity index (χ3v) is 2.00. The van der Waals surface area contributed by atoms with Crippen LogP contribution in [0.2, 0.25) is 0 Å². The molecule has 12 heavy (non-hydrogen) atoms. The summed E-state index contributed by atoms with van der Waals surface area (Å²) in [5, 5.41) is 0. The largest absolute Gasteiger partial charge is 0.311 e. The van der Waals surface area contributed by atoms with E-state index in [2.05, 4.69) is 15.0 Å². The molecule has 0 fully saturated rings. The van der Waals surface area contributed by atoms with Crippen LogP contribution in [0, 0.1) is 0 Å². The summed E-state index contributed by atoms with van der Waals surface area (Å²) in [6, 6.07) is 1.94. The van der Waals surface area contributed by atoms with Crippen molar-refractivity contribution in [2.45, 2.75) is 6.54 Å². The summed E-state index contributed by atoms with van der Waals surface area (Å²) < 4.78 is 2.00. The first kappa shape index (κ1) is 5.88. The lowest BCUT2D eigenvalue weighted by atomic mass is 10.3. The number of hydrogen-bond acceptors (Lipinski definition) is 3. The van der Waals surface area contributed by atoms with E-state index in [1.807, 2.05) is 16.8 Å². The average Bonchev–Trinajstić information content (AvgIpc) is 2.71. The van der Waals surface area contributed by atoms with E-state index in [9.17, 15) is 0 Å². The van der Waals surface area contributed by atoms with Crippen molar-refractivity contribution in [1.82, 2.24) is 14.5 Å². The maximum absolute atomic E-state index is 4.26. The van der Waals surface area contributed by atoms with E-state index in [0.29, 0.717) is 0 Å². The Labute approximate surface area is 68.9 Å². The quantitative estimate of drug-likeness (QED) is 0.576. The molecular formula is C8H6N4. The Hall–Kier alpha value is -1.71. The first-order valence-electron chi connectivity index (χ1n) is 3.77. The van der Waals surface area contributed by atoms with E-state index < -0.39 is 0 Å². The fourth-order valence-corrected chi connectivity index (χ4v) is 1.43. The van der Waals surface area contributed by atoms with Gasteiger partial charge >= 0.3 is 0 Å². The van der Waals surface area contributed by atoms with E-state index in [4.69, 9.17) is 0 Å². The van der Waals surface area contributed by atoms with Gasteiger partial charge in [-0.15, -0.1) is 0 Å². The van der Waals surface area contributed by atoms with Crippen molar-refractivity contribution < 1.29 is 0 Å². The first-order valence-corrected chi connectivity index (χ1v) is 3.77. The van der Waals surface area contributed by atoms with Crippen LogP contribution in [0.25, 0.3) is 11.4 Å². The summed E-state index contributed by atoms with van der Waals surface area (Å²) in [5.41, 5.74) is 1.03. The molecule has 0 amide bonds. The number of aromatic nitrogens is 3. The van der Waals surface area contributed by atoms with Crippen molar-refractivity contribution in [1.29, 1.82) is 0 Å². The smallest absolute Gasteiger partial charge is 0.164 e. The van der Waals surface area contributed by atoms with Crippen molar-refractivity contribution in [2.75, 3.05) is 0 Å². The van der Waals surface area contributed by atoms with Gasteiger partial charge in [0.05, 0.1) is 18.4 Å². The molecule has 0 spiro atoms. The van der Waals surface area contributed by atoms with Crippen LogP contribution in [-0.2, 0) is 6.54 Å². The fraction of sp³-hybridized carbons (Fsp3) is 0.125. The van der Waals surface area contributed by atoms with Gasteiger partial charge in [-0.25, -0.2) is 15.0 Å². The lowest BCUT2D eigenvalue weighted by Gasteiger charge is -2.04. The molecule has 4 heteroatoms. The zero-order valence-corrected chi connectivity index (χ0v) is 6.31. The minimum absolute atomic E-state index is 0.778. The third kappa shape index (κ3) is 0.592. The molecule has 4 nitrogen and oxygen atoms in total. The highest BCUT2D eigenvalue weighted by molar-refractivity contribution is 5.77. The molecule has 0 unspecified atom stereocenters. The monoisotopic (exact) mass is 158 g/mol. The topological polar surface area (TPSA) is 43.1 Å². The molecule has 0 radical (unpaired) electrons. The van der Waals surface area contributed by atoms with Crippen LogP contribution in [0.4, 0.5) is 5.82 Å². The lowest BCUT2D eigenvalue weighted by molar-refractivity contribution is 0.852. The molecular weight excluding hydrogens is 152 g/mol. The van der Waals surface area contributed by atoms with Gasteiger partial charge in [0.2, 0.25) is 0 Å². The second-order valence-electron chi connectivity index (χ2n) is 2.71. The van der Waals surface area contributed by atoms with Crippen molar-refractivity contribution >= 4 is 12.0 Å². The van der Waals surface area contributed by atoms with Crippen molar-refractivity contribution in [3.63, 3.8) is 0 Å². The molecule has 0 aromatic carbocycles. The molecule has 0 aromatic heterocycles. The lowest BCUT2D eigenvalue weighted by Crippen LogP contribution is -1.97. The van der Waals surface area contributed by atoms with E-state index in [0.717, 1.165) is 23.8 Å². The summed E-state index contributed by atoms with van der Waals surface area (Å²) in [5.74, 6) is 1.75. The number of rotatable bonds is 0. The minimum atomic E-state index is 0.778. The zero-order valence-electron chi connectivity index (χ0n) is 6.31. The van der Waals surface area contributed by atoms with Crippen molar-refractivity contribution in [3.05, 3.63) is 18.6 Å². The van der Waals surface area contributed by atoms with Crippen LogP contribution in [0.5, 0.6) is 0 Å². The van der Waals surface area contributed by atoms with Gasteiger partial charge in [0, 0.05) is 12.4 Å². The van der Waals surface area contributed by atoms with Crippen LogP contribution < -0.4 is 0 Å². The van der Waals surface area contributed by atoms with Gasteiger partial charge in [0.25, 0.3) is 0 Å². The molecule has 3 rings (SSSR count). The zero-order chi connectivity index (χ0) is 7.97. The van der Waals surface area contributed by atoms with E-state index >= 15 is 0 Å². The van der Waals surface area contributed by atoms with Gasteiger partial charge < -0.3 is 4.57 Å². The molecule has 3 heterocycles. The highest BCUT2D eigenvalue weighted by Crippen LogP contribution is 2.30. The van der Waals surface area contributed by atoms with E-state index in [-0.39, 0.29) is 0 Å². The summed E-state index contributed by atoms with van der Waals surface area (Å²) in [7, 11) is 0. The maximum Gasteiger partial charge on any atom is 0.164 e. The van der Waals surface area contributed by atoms with E-state index in [1.165, 1.54) is 0 Å². The van der Waals surface area contributed by atoms with Crippen molar-refractivity contribution in [3.8, 4) is 11.4 Å². The van der Waals surface area contributed by atoms with Gasteiger partial charge in [-0.2, -0.15) is 0 Å². The molecule has 0 N–H and O–H groups in total. The predicted octanol–water partition coefficient (Wildman–Crippen LogP) is 1.10. The number of fused-ring (bicyclic) bond motifs is 3. The number of aliphatic imine (C=N–C) groups is 1. The number of hydrogen-bond donors (Lipinski definition) is 0. The molecule has 0 aromatic rings. The fourth-order valence-electron chi connectivity index (χ4n) is 1.43. The molecule has 0 saturated heterocycles. The molecule has 3 aliphatic rings. The summed E-state index contributed by atoms with van der Waals surface area (Å²) in [4.78, 5) is 12.5. The van der Waals surface area contributed by atoms with Gasteiger partial charge in [-0.3, -0.25) is 0 Å². The van der Waals surface area contributed by atoms with Gasteiger partial charge in [-0.1, -0.05) is 0 Å². The van der Waals surface area contributed by atoms with Crippen LogP contribution in [0.1, 0.15) is 0 Å². The van der Waals surface area contributed by atoms with E-state index in [1.54, 1.807) is 12.5 Å². The van der Waals surface area contributed by atoms with Gasteiger partial charge in [-0.05, 0) is 6.07 Å². The Bertz CT molecular complexity index is 429. The molecule has 0 aliphatic carbocycles. The maximum atomic E-state index is 4.26. The Morgan fingerprint density at radius 1 is 1.33 bits per heavy atom. The Balaban J connectivity index is 2.43. The van der Waals surface area contributed by atoms with Crippen LogP contribution in [-0.4, -0.2) is 20.7 Å². The van der Waals surface area contributed by atoms with Crippen LogP contribution in [0.15, 0.2) is 23.6 Å². The van der Waals surface area contributed by atoms with Crippen molar-refractivity contribution in [2.24, 2.45) is 4.99 Å². The normalized spacial score (nSPS) is 14.0. The van der Waals surface area contributed by atoms with Gasteiger partial charge in [0.15, 0.2) is 5.82 Å².